The topological polar surface area (TPSA) is 64.6 Å². The Labute approximate surface area is 115 Å². The van der Waals surface area contributed by atoms with Crippen LogP contribution >= 0.6 is 0 Å². The summed E-state index contributed by atoms with van der Waals surface area (Å²) in [5, 5.41) is 2.81. The minimum atomic E-state index is -0.945. The Morgan fingerprint density at radius 1 is 1.32 bits per heavy atom. The Hall–Kier alpha value is -1.10. The second-order valence-corrected chi connectivity index (χ2v) is 5.54. The zero-order valence-electron chi connectivity index (χ0n) is 12.4. The van der Waals surface area contributed by atoms with Crippen molar-refractivity contribution in [2.75, 3.05) is 14.2 Å². The number of ether oxygens (including phenoxy) is 2. The maximum absolute atomic E-state index is 12.1. The van der Waals surface area contributed by atoms with E-state index in [1.54, 1.807) is 14.0 Å². The van der Waals surface area contributed by atoms with Crippen LogP contribution < -0.4 is 5.32 Å². The number of esters is 1. The van der Waals surface area contributed by atoms with Crippen LogP contribution in [0.4, 0.5) is 0 Å². The quantitative estimate of drug-likeness (QED) is 0.717. The molecule has 19 heavy (non-hydrogen) atoms. The second-order valence-electron chi connectivity index (χ2n) is 5.54. The monoisotopic (exact) mass is 271 g/mol. The number of amides is 1. The maximum atomic E-state index is 12.1. The standard InChI is InChI=1S/C14H25NO4/c1-5-7-13(2,12(17)18-3)15-11(16)10-14(19-4)8-6-9-14/h5-10H2,1-4H3,(H,15,16). The first kappa shape index (κ1) is 16.0. The lowest BCUT2D eigenvalue weighted by Gasteiger charge is -2.40. The van der Waals surface area contributed by atoms with Gasteiger partial charge in [-0.2, -0.15) is 0 Å². The van der Waals surface area contributed by atoms with Gasteiger partial charge in [0.1, 0.15) is 5.54 Å². The molecule has 1 aliphatic rings. The summed E-state index contributed by atoms with van der Waals surface area (Å²) in [5.74, 6) is -0.550. The molecule has 1 unspecified atom stereocenters. The predicted octanol–water partition coefficient (Wildman–Crippen LogP) is 1.79. The third-order valence-electron chi connectivity index (χ3n) is 3.98. The van der Waals surface area contributed by atoms with Crippen molar-refractivity contribution in [2.45, 2.75) is 63.5 Å². The lowest BCUT2D eigenvalue weighted by atomic mass is 9.77. The molecule has 5 nitrogen and oxygen atoms in total. The molecule has 1 saturated carbocycles. The molecule has 5 heteroatoms. The molecule has 1 fully saturated rings. The second kappa shape index (κ2) is 6.37. The number of nitrogens with one attached hydrogen (secondary N) is 1. The van der Waals surface area contributed by atoms with E-state index in [9.17, 15) is 9.59 Å². The van der Waals surface area contributed by atoms with E-state index in [4.69, 9.17) is 9.47 Å². The molecular weight excluding hydrogens is 246 g/mol. The fourth-order valence-corrected chi connectivity index (χ4v) is 2.61. The van der Waals surface area contributed by atoms with Gasteiger partial charge in [0, 0.05) is 7.11 Å². The van der Waals surface area contributed by atoms with Crippen molar-refractivity contribution in [3.05, 3.63) is 0 Å². The maximum Gasteiger partial charge on any atom is 0.331 e. The Morgan fingerprint density at radius 2 is 1.95 bits per heavy atom. The van der Waals surface area contributed by atoms with Crippen LogP contribution in [0.25, 0.3) is 0 Å². The molecule has 0 aromatic heterocycles. The van der Waals surface area contributed by atoms with Crippen LogP contribution in [0.2, 0.25) is 0 Å². The van der Waals surface area contributed by atoms with Crippen molar-refractivity contribution < 1.29 is 19.1 Å². The number of hydrogen-bond donors (Lipinski definition) is 1. The van der Waals surface area contributed by atoms with E-state index in [0.717, 1.165) is 25.7 Å². The number of methoxy groups -OCH3 is 2. The van der Waals surface area contributed by atoms with Gasteiger partial charge in [0.2, 0.25) is 5.91 Å². The minimum Gasteiger partial charge on any atom is -0.467 e. The van der Waals surface area contributed by atoms with E-state index in [1.807, 2.05) is 6.92 Å². The molecule has 0 saturated heterocycles. The number of carbonyl (C=O) groups is 2. The fourth-order valence-electron chi connectivity index (χ4n) is 2.61. The highest BCUT2D eigenvalue weighted by Crippen LogP contribution is 2.38. The van der Waals surface area contributed by atoms with Crippen LogP contribution in [0.5, 0.6) is 0 Å². The highest BCUT2D eigenvalue weighted by atomic mass is 16.5. The van der Waals surface area contributed by atoms with Crippen molar-refractivity contribution in [3.8, 4) is 0 Å². The largest absolute Gasteiger partial charge is 0.467 e. The van der Waals surface area contributed by atoms with Crippen LogP contribution in [-0.4, -0.2) is 37.2 Å². The van der Waals surface area contributed by atoms with Gasteiger partial charge in [0.25, 0.3) is 0 Å². The zero-order chi connectivity index (χ0) is 14.5. The summed E-state index contributed by atoms with van der Waals surface area (Å²) in [6, 6.07) is 0. The summed E-state index contributed by atoms with van der Waals surface area (Å²) in [7, 11) is 2.98. The van der Waals surface area contributed by atoms with E-state index in [1.165, 1.54) is 7.11 Å². The summed E-state index contributed by atoms with van der Waals surface area (Å²) >= 11 is 0. The van der Waals surface area contributed by atoms with Gasteiger partial charge in [-0.25, -0.2) is 4.79 Å². The molecule has 1 aliphatic carbocycles. The molecule has 1 N–H and O–H groups in total. The van der Waals surface area contributed by atoms with Crippen molar-refractivity contribution >= 4 is 11.9 Å². The fraction of sp³-hybridized carbons (Fsp3) is 0.857. The van der Waals surface area contributed by atoms with E-state index in [0.29, 0.717) is 12.8 Å². The molecule has 110 valence electrons. The highest BCUT2D eigenvalue weighted by molar-refractivity contribution is 5.88. The molecule has 0 aromatic rings. The van der Waals surface area contributed by atoms with Gasteiger partial charge in [0.05, 0.1) is 19.1 Å². The Bertz CT molecular complexity index is 333. The summed E-state index contributed by atoms with van der Waals surface area (Å²) in [5.41, 5.74) is -1.27. The van der Waals surface area contributed by atoms with Gasteiger partial charge >= 0.3 is 5.97 Å². The van der Waals surface area contributed by atoms with E-state index in [2.05, 4.69) is 5.32 Å². The first-order chi connectivity index (χ1) is 8.91. The molecule has 0 heterocycles. The Kier molecular flexibility index (Phi) is 5.35. The van der Waals surface area contributed by atoms with Crippen LogP contribution in [0.15, 0.2) is 0 Å². The molecule has 1 atom stereocenters. The molecule has 0 aromatic carbocycles. The van der Waals surface area contributed by atoms with Gasteiger partial charge in [0.15, 0.2) is 0 Å². The summed E-state index contributed by atoms with van der Waals surface area (Å²) in [6.07, 6.45) is 4.55. The van der Waals surface area contributed by atoms with Crippen molar-refractivity contribution in [2.24, 2.45) is 0 Å². The highest BCUT2D eigenvalue weighted by Gasteiger charge is 2.41. The predicted molar refractivity (Wildman–Crippen MR) is 71.7 cm³/mol. The van der Waals surface area contributed by atoms with Gasteiger partial charge in [-0.3, -0.25) is 4.79 Å². The van der Waals surface area contributed by atoms with E-state index >= 15 is 0 Å². The van der Waals surface area contributed by atoms with Crippen LogP contribution in [0.3, 0.4) is 0 Å². The van der Waals surface area contributed by atoms with Crippen molar-refractivity contribution in [1.29, 1.82) is 0 Å². The smallest absolute Gasteiger partial charge is 0.331 e. The summed E-state index contributed by atoms with van der Waals surface area (Å²) < 4.78 is 10.2. The average molecular weight is 271 g/mol. The van der Waals surface area contributed by atoms with Gasteiger partial charge in [-0.1, -0.05) is 13.3 Å². The summed E-state index contributed by atoms with van der Waals surface area (Å²) in [4.78, 5) is 23.9. The van der Waals surface area contributed by atoms with Gasteiger partial charge < -0.3 is 14.8 Å². The number of rotatable bonds is 7. The first-order valence-electron chi connectivity index (χ1n) is 6.86. The van der Waals surface area contributed by atoms with Crippen molar-refractivity contribution in [1.82, 2.24) is 5.32 Å². The number of carbonyl (C=O) groups excluding carboxylic acids is 2. The Morgan fingerprint density at radius 3 is 2.32 bits per heavy atom. The zero-order valence-corrected chi connectivity index (χ0v) is 12.4. The average Bonchev–Trinajstić information content (AvgIpc) is 2.32. The van der Waals surface area contributed by atoms with Gasteiger partial charge in [-0.05, 0) is 32.6 Å². The minimum absolute atomic E-state index is 0.150. The van der Waals surface area contributed by atoms with Crippen LogP contribution in [0, 0.1) is 0 Å². The normalized spacial score (nSPS) is 20.0. The third-order valence-corrected chi connectivity index (χ3v) is 3.98. The SMILES string of the molecule is CCCC(C)(NC(=O)CC1(OC)CCC1)C(=O)OC. The lowest BCUT2D eigenvalue weighted by molar-refractivity contribution is -0.152. The van der Waals surface area contributed by atoms with Crippen LogP contribution in [0.1, 0.15) is 52.4 Å². The first-order valence-corrected chi connectivity index (χ1v) is 6.86. The molecule has 0 spiro atoms. The molecule has 0 bridgehead atoms. The van der Waals surface area contributed by atoms with E-state index < -0.39 is 11.5 Å². The number of hydrogen-bond acceptors (Lipinski definition) is 4. The van der Waals surface area contributed by atoms with Gasteiger partial charge in [-0.15, -0.1) is 0 Å². The molecular formula is C14H25NO4. The summed E-state index contributed by atoms with van der Waals surface area (Å²) in [6.45, 7) is 3.68. The molecule has 1 amide bonds. The molecule has 1 rings (SSSR count). The Balaban J connectivity index is 2.63. The van der Waals surface area contributed by atoms with Crippen molar-refractivity contribution in [3.63, 3.8) is 0 Å². The van der Waals surface area contributed by atoms with E-state index in [-0.39, 0.29) is 11.5 Å². The molecule has 0 aliphatic heterocycles. The van der Waals surface area contributed by atoms with Crippen LogP contribution in [-0.2, 0) is 19.1 Å². The lowest BCUT2D eigenvalue weighted by Crippen LogP contribution is -2.55. The molecule has 0 radical (unpaired) electrons. The third kappa shape index (κ3) is 3.69.